The fourth-order valence-corrected chi connectivity index (χ4v) is 2.62. The summed E-state index contributed by atoms with van der Waals surface area (Å²) in [5.74, 6) is 0.299. The normalized spacial score (nSPS) is 19.4. The molecule has 1 heterocycles. The molecule has 4 nitrogen and oxygen atoms in total. The molecule has 0 saturated carbocycles. The molecule has 1 fully saturated rings. The Labute approximate surface area is 112 Å². The maximum absolute atomic E-state index is 12.3. The second kappa shape index (κ2) is 8.48. The number of likely N-dealkylation sites (N-methyl/N-ethyl adjacent to an activating group) is 1. The van der Waals surface area contributed by atoms with Crippen LogP contribution in [0.4, 0.5) is 0 Å². The summed E-state index contributed by atoms with van der Waals surface area (Å²) in [6.07, 6.45) is 3.26. The van der Waals surface area contributed by atoms with Crippen LogP contribution >= 0.6 is 0 Å². The van der Waals surface area contributed by atoms with E-state index < -0.39 is 0 Å². The van der Waals surface area contributed by atoms with Gasteiger partial charge in [0.2, 0.25) is 5.91 Å². The third kappa shape index (κ3) is 4.58. The molecule has 0 bridgehead atoms. The molecule has 1 aliphatic heterocycles. The third-order valence-electron chi connectivity index (χ3n) is 3.63. The van der Waals surface area contributed by atoms with Gasteiger partial charge in [0.25, 0.3) is 0 Å². The lowest BCUT2D eigenvalue weighted by atomic mass is 10.2. The zero-order valence-corrected chi connectivity index (χ0v) is 12.2. The van der Waals surface area contributed by atoms with Crippen molar-refractivity contribution in [2.45, 2.75) is 46.1 Å². The van der Waals surface area contributed by atoms with Gasteiger partial charge in [-0.1, -0.05) is 20.8 Å². The average molecular weight is 255 g/mol. The quantitative estimate of drug-likeness (QED) is 0.710. The molecule has 1 amide bonds. The molecule has 1 saturated heterocycles. The summed E-state index contributed by atoms with van der Waals surface area (Å²) in [5, 5.41) is 3.37. The van der Waals surface area contributed by atoms with Crippen molar-refractivity contribution in [2.75, 3.05) is 39.3 Å². The minimum absolute atomic E-state index is 0.299. The van der Waals surface area contributed by atoms with Crippen LogP contribution in [0, 0.1) is 0 Å². The van der Waals surface area contributed by atoms with Crippen molar-refractivity contribution < 1.29 is 4.79 Å². The maximum atomic E-state index is 12.3. The van der Waals surface area contributed by atoms with Crippen molar-refractivity contribution in [3.05, 3.63) is 0 Å². The minimum atomic E-state index is 0.299. The fourth-order valence-electron chi connectivity index (χ4n) is 2.62. The first kappa shape index (κ1) is 15.4. The molecule has 0 aromatic heterocycles. The molecule has 0 radical (unpaired) electrons. The predicted octanol–water partition coefficient (Wildman–Crippen LogP) is 1.32. The van der Waals surface area contributed by atoms with Crippen LogP contribution < -0.4 is 5.32 Å². The van der Waals surface area contributed by atoms with Crippen LogP contribution in [0.3, 0.4) is 0 Å². The molecule has 0 spiro atoms. The van der Waals surface area contributed by atoms with Gasteiger partial charge in [-0.25, -0.2) is 0 Å². The van der Waals surface area contributed by atoms with Crippen LogP contribution in [-0.2, 0) is 4.79 Å². The van der Waals surface area contributed by atoms with Crippen molar-refractivity contribution >= 4 is 5.91 Å². The van der Waals surface area contributed by atoms with Crippen molar-refractivity contribution in [1.29, 1.82) is 0 Å². The van der Waals surface area contributed by atoms with E-state index in [4.69, 9.17) is 0 Å². The van der Waals surface area contributed by atoms with Gasteiger partial charge in [0.15, 0.2) is 0 Å². The first-order valence-corrected chi connectivity index (χ1v) is 7.45. The molecule has 1 aliphatic rings. The van der Waals surface area contributed by atoms with Gasteiger partial charge < -0.3 is 10.2 Å². The Kier molecular flexibility index (Phi) is 7.28. The summed E-state index contributed by atoms with van der Waals surface area (Å²) >= 11 is 0. The number of rotatable bonds is 8. The first-order chi connectivity index (χ1) is 8.72. The second-order valence-corrected chi connectivity index (χ2v) is 5.09. The van der Waals surface area contributed by atoms with Gasteiger partial charge in [0.1, 0.15) is 0 Å². The van der Waals surface area contributed by atoms with Gasteiger partial charge in [-0.15, -0.1) is 0 Å². The summed E-state index contributed by atoms with van der Waals surface area (Å²) in [4.78, 5) is 16.7. The number of nitrogens with one attached hydrogen (secondary N) is 1. The average Bonchev–Trinajstić information content (AvgIpc) is 2.89. The van der Waals surface area contributed by atoms with Crippen molar-refractivity contribution in [3.63, 3.8) is 0 Å². The van der Waals surface area contributed by atoms with Gasteiger partial charge in [-0.2, -0.15) is 0 Å². The molecule has 0 aliphatic carbocycles. The third-order valence-corrected chi connectivity index (χ3v) is 3.63. The molecule has 0 aromatic rings. The molecule has 1 atom stereocenters. The van der Waals surface area contributed by atoms with E-state index >= 15 is 0 Å². The van der Waals surface area contributed by atoms with Crippen molar-refractivity contribution in [3.8, 4) is 0 Å². The zero-order chi connectivity index (χ0) is 13.4. The fraction of sp³-hybridized carbons (Fsp3) is 0.929. The number of carbonyl (C=O) groups excluding carboxylic acids is 1. The number of nitrogens with zero attached hydrogens (tertiary/aromatic N) is 2. The van der Waals surface area contributed by atoms with Crippen LogP contribution in [0.2, 0.25) is 0 Å². The standard InChI is InChI=1S/C14H29N3O/c1-4-9-17(10-5-2)14(18)12-16(6-3)13-7-8-15-11-13/h13,15H,4-12H2,1-3H3. The minimum Gasteiger partial charge on any atom is -0.342 e. The highest BCUT2D eigenvalue weighted by Crippen LogP contribution is 2.09. The lowest BCUT2D eigenvalue weighted by molar-refractivity contribution is -0.133. The molecular weight excluding hydrogens is 226 g/mol. The maximum Gasteiger partial charge on any atom is 0.236 e. The monoisotopic (exact) mass is 255 g/mol. The topological polar surface area (TPSA) is 35.6 Å². The highest BCUT2D eigenvalue weighted by molar-refractivity contribution is 5.78. The Morgan fingerprint density at radius 3 is 2.33 bits per heavy atom. The number of carbonyl (C=O) groups is 1. The Morgan fingerprint density at radius 1 is 1.22 bits per heavy atom. The molecular formula is C14H29N3O. The van der Waals surface area contributed by atoms with Crippen LogP contribution in [0.25, 0.3) is 0 Å². The largest absolute Gasteiger partial charge is 0.342 e. The van der Waals surface area contributed by atoms with Gasteiger partial charge in [-0.05, 0) is 32.4 Å². The summed E-state index contributed by atoms with van der Waals surface area (Å²) in [6, 6.07) is 0.545. The summed E-state index contributed by atoms with van der Waals surface area (Å²) in [7, 11) is 0. The SMILES string of the molecule is CCCN(CCC)C(=O)CN(CC)C1CCNC1. The van der Waals surface area contributed by atoms with E-state index in [1.807, 2.05) is 4.90 Å². The van der Waals surface area contributed by atoms with E-state index in [0.717, 1.165) is 45.6 Å². The Bertz CT molecular complexity index is 233. The lowest BCUT2D eigenvalue weighted by Crippen LogP contribution is -2.45. The molecule has 0 aromatic carbocycles. The second-order valence-electron chi connectivity index (χ2n) is 5.09. The summed E-state index contributed by atoms with van der Waals surface area (Å²) < 4.78 is 0. The van der Waals surface area contributed by atoms with Gasteiger partial charge in [-0.3, -0.25) is 9.69 Å². The molecule has 1 unspecified atom stereocenters. The van der Waals surface area contributed by atoms with Crippen LogP contribution in [0.1, 0.15) is 40.0 Å². The van der Waals surface area contributed by atoms with Gasteiger partial charge in [0.05, 0.1) is 6.54 Å². The molecule has 106 valence electrons. The smallest absolute Gasteiger partial charge is 0.236 e. The molecule has 18 heavy (non-hydrogen) atoms. The zero-order valence-electron chi connectivity index (χ0n) is 12.2. The van der Waals surface area contributed by atoms with Gasteiger partial charge >= 0.3 is 0 Å². The predicted molar refractivity (Wildman–Crippen MR) is 75.7 cm³/mol. The Morgan fingerprint density at radius 2 is 1.89 bits per heavy atom. The highest BCUT2D eigenvalue weighted by Gasteiger charge is 2.24. The Hall–Kier alpha value is -0.610. The van der Waals surface area contributed by atoms with Crippen LogP contribution in [0.5, 0.6) is 0 Å². The summed E-state index contributed by atoms with van der Waals surface area (Å²) in [6.45, 7) is 11.9. The molecule has 1 N–H and O–H groups in total. The van der Waals surface area contributed by atoms with E-state index in [1.54, 1.807) is 0 Å². The van der Waals surface area contributed by atoms with Crippen molar-refractivity contribution in [2.24, 2.45) is 0 Å². The van der Waals surface area contributed by atoms with E-state index in [2.05, 4.69) is 31.0 Å². The highest BCUT2D eigenvalue weighted by atomic mass is 16.2. The molecule has 4 heteroatoms. The van der Waals surface area contributed by atoms with E-state index in [9.17, 15) is 4.79 Å². The van der Waals surface area contributed by atoms with Crippen LogP contribution in [0.15, 0.2) is 0 Å². The van der Waals surface area contributed by atoms with E-state index in [1.165, 1.54) is 6.42 Å². The number of hydrogen-bond acceptors (Lipinski definition) is 3. The summed E-state index contributed by atoms with van der Waals surface area (Å²) in [5.41, 5.74) is 0. The van der Waals surface area contributed by atoms with Crippen molar-refractivity contribution in [1.82, 2.24) is 15.1 Å². The van der Waals surface area contributed by atoms with E-state index in [-0.39, 0.29) is 0 Å². The number of hydrogen-bond donors (Lipinski definition) is 1. The molecule has 1 rings (SSSR count). The van der Waals surface area contributed by atoms with Gasteiger partial charge in [0, 0.05) is 25.7 Å². The number of amides is 1. The lowest BCUT2D eigenvalue weighted by Gasteiger charge is -2.29. The first-order valence-electron chi connectivity index (χ1n) is 7.45. The van der Waals surface area contributed by atoms with Crippen LogP contribution in [-0.4, -0.2) is 61.0 Å². The Balaban J connectivity index is 2.47. The van der Waals surface area contributed by atoms with E-state index in [0.29, 0.717) is 18.5 Å².